The monoisotopic (exact) mass is 467 g/mol. The Balaban J connectivity index is 0.000000672. The molecule has 1 aliphatic rings. The minimum atomic E-state index is -0.833. The Morgan fingerprint density at radius 1 is 1.06 bits per heavy atom. The number of aromatic nitrogens is 2. The van der Waals surface area contributed by atoms with E-state index < -0.39 is 5.97 Å². The number of anilines is 3. The van der Waals surface area contributed by atoms with Gasteiger partial charge in [0.1, 0.15) is 18.2 Å². The fraction of sp³-hybridized carbons (Fsp3) is 0.111. The fourth-order valence-corrected chi connectivity index (χ4v) is 3.57. The number of fused-ring (bicyclic) bond motifs is 1. The summed E-state index contributed by atoms with van der Waals surface area (Å²) in [6.45, 7) is 2.28. The molecule has 0 saturated heterocycles. The summed E-state index contributed by atoms with van der Waals surface area (Å²) in [6.07, 6.45) is 1.63. The molecule has 35 heavy (non-hydrogen) atoms. The van der Waals surface area contributed by atoms with Gasteiger partial charge in [0.2, 0.25) is 5.95 Å². The van der Waals surface area contributed by atoms with Crippen molar-refractivity contribution >= 4 is 29.1 Å². The van der Waals surface area contributed by atoms with E-state index in [1.54, 1.807) is 12.3 Å². The van der Waals surface area contributed by atoms with Crippen molar-refractivity contribution < 1.29 is 14.6 Å². The molecule has 0 aliphatic carbocycles. The van der Waals surface area contributed by atoms with Gasteiger partial charge in [-0.1, -0.05) is 48.5 Å². The molecule has 0 unspecified atom stereocenters. The minimum Gasteiger partial charge on any atom is -0.489 e. The largest absolute Gasteiger partial charge is 0.489 e. The first-order valence-electron chi connectivity index (χ1n) is 11.0. The first-order chi connectivity index (χ1) is 17.0. The number of hydrogen-bond acceptors (Lipinski definition) is 7. The van der Waals surface area contributed by atoms with Crippen LogP contribution in [0.15, 0.2) is 90.1 Å². The van der Waals surface area contributed by atoms with Crippen molar-refractivity contribution in [3.63, 3.8) is 0 Å². The van der Waals surface area contributed by atoms with Gasteiger partial charge in [-0.2, -0.15) is 4.98 Å². The highest BCUT2D eigenvalue weighted by atomic mass is 16.5. The van der Waals surface area contributed by atoms with E-state index in [1.165, 1.54) is 5.56 Å². The molecule has 0 fully saturated rings. The van der Waals surface area contributed by atoms with Crippen LogP contribution in [-0.4, -0.2) is 26.8 Å². The second kappa shape index (κ2) is 10.9. The number of carboxylic acids is 1. The first kappa shape index (κ1) is 23.4. The minimum absolute atomic E-state index is 0.237. The molecular weight excluding hydrogens is 442 g/mol. The third kappa shape index (κ3) is 6.42. The molecule has 0 saturated carbocycles. The highest BCUT2D eigenvalue weighted by Gasteiger charge is 2.18. The molecule has 0 atom stereocenters. The number of carboxylic acid groups (broad SMARTS) is 1. The van der Waals surface area contributed by atoms with Gasteiger partial charge in [0.05, 0.1) is 12.3 Å². The number of aliphatic imine (C=N–C) groups is 1. The standard InChI is InChI=1S/C25H21N5O.C2H4O2/c26-25-27-12-11-23(30-25)29-20-10-9-19-15-28-24(22(19)14-20)18-7-4-8-21(13-18)31-16-17-5-2-1-3-6-17;1-2(3)4/h1-14H,15-16H2,(H3,26,27,29,30);1H3,(H,3,4). The van der Waals surface area contributed by atoms with Crippen LogP contribution < -0.4 is 15.8 Å². The molecular formula is C27H25N5O3. The Hall–Kier alpha value is -4.72. The zero-order valence-corrected chi connectivity index (χ0v) is 19.2. The summed E-state index contributed by atoms with van der Waals surface area (Å²) in [5, 5.41) is 10.7. The molecule has 1 aromatic heterocycles. The van der Waals surface area contributed by atoms with Crippen molar-refractivity contribution in [1.29, 1.82) is 0 Å². The van der Waals surface area contributed by atoms with Gasteiger partial charge in [0.15, 0.2) is 0 Å². The number of carbonyl (C=O) groups is 1. The molecule has 0 bridgehead atoms. The molecule has 176 valence electrons. The Morgan fingerprint density at radius 2 is 1.86 bits per heavy atom. The maximum absolute atomic E-state index is 9.00. The van der Waals surface area contributed by atoms with Crippen molar-refractivity contribution in [2.75, 3.05) is 11.1 Å². The molecule has 0 spiro atoms. The van der Waals surface area contributed by atoms with E-state index in [-0.39, 0.29) is 5.95 Å². The average Bonchev–Trinajstić information content (AvgIpc) is 3.27. The van der Waals surface area contributed by atoms with Gasteiger partial charge in [-0.3, -0.25) is 9.79 Å². The molecule has 8 heteroatoms. The lowest BCUT2D eigenvalue weighted by atomic mass is 9.99. The van der Waals surface area contributed by atoms with Crippen LogP contribution in [0.5, 0.6) is 5.75 Å². The van der Waals surface area contributed by atoms with E-state index >= 15 is 0 Å². The molecule has 2 heterocycles. The summed E-state index contributed by atoms with van der Waals surface area (Å²) in [5.74, 6) is 0.879. The normalized spacial score (nSPS) is 11.5. The van der Waals surface area contributed by atoms with E-state index in [0.29, 0.717) is 19.0 Å². The number of aliphatic carboxylic acids is 1. The summed E-state index contributed by atoms with van der Waals surface area (Å²) in [4.78, 5) is 21.9. The van der Waals surface area contributed by atoms with Crippen LogP contribution in [0.3, 0.4) is 0 Å². The lowest BCUT2D eigenvalue weighted by molar-refractivity contribution is -0.134. The van der Waals surface area contributed by atoms with Gasteiger partial charge in [-0.25, -0.2) is 4.98 Å². The van der Waals surface area contributed by atoms with Crippen LogP contribution in [0, 0.1) is 0 Å². The van der Waals surface area contributed by atoms with Crippen molar-refractivity contribution in [2.45, 2.75) is 20.1 Å². The number of nitrogens with two attached hydrogens (primary N) is 1. The number of hydrogen-bond donors (Lipinski definition) is 3. The highest BCUT2D eigenvalue weighted by molar-refractivity contribution is 6.15. The van der Waals surface area contributed by atoms with E-state index in [9.17, 15) is 0 Å². The topological polar surface area (TPSA) is 123 Å². The van der Waals surface area contributed by atoms with Gasteiger partial charge in [0, 0.05) is 29.9 Å². The SMILES string of the molecule is CC(=O)O.Nc1nccc(Nc2ccc3c(c2)C(c2cccc(OCc4ccccc4)c2)=NC3)n1. The van der Waals surface area contributed by atoms with Gasteiger partial charge >= 0.3 is 0 Å². The molecule has 0 radical (unpaired) electrons. The second-order valence-corrected chi connectivity index (χ2v) is 7.78. The molecule has 4 aromatic rings. The van der Waals surface area contributed by atoms with Crippen LogP contribution in [0.1, 0.15) is 29.2 Å². The van der Waals surface area contributed by atoms with E-state index in [2.05, 4.69) is 45.6 Å². The molecule has 0 amide bonds. The second-order valence-electron chi connectivity index (χ2n) is 7.78. The maximum Gasteiger partial charge on any atom is 0.300 e. The lowest BCUT2D eigenvalue weighted by Crippen LogP contribution is -2.04. The third-order valence-electron chi connectivity index (χ3n) is 5.07. The summed E-state index contributed by atoms with van der Waals surface area (Å²) >= 11 is 0. The van der Waals surface area contributed by atoms with Crippen molar-refractivity contribution in [3.8, 4) is 5.75 Å². The third-order valence-corrected chi connectivity index (χ3v) is 5.07. The average molecular weight is 468 g/mol. The van der Waals surface area contributed by atoms with Crippen molar-refractivity contribution in [2.24, 2.45) is 4.99 Å². The van der Waals surface area contributed by atoms with Crippen molar-refractivity contribution in [3.05, 3.63) is 107 Å². The Morgan fingerprint density at radius 3 is 2.63 bits per heavy atom. The highest BCUT2D eigenvalue weighted by Crippen LogP contribution is 2.28. The van der Waals surface area contributed by atoms with Crippen LogP contribution in [0.4, 0.5) is 17.5 Å². The summed E-state index contributed by atoms with van der Waals surface area (Å²) < 4.78 is 6.00. The van der Waals surface area contributed by atoms with Crippen LogP contribution in [0.2, 0.25) is 0 Å². The lowest BCUT2D eigenvalue weighted by Gasteiger charge is -2.11. The molecule has 8 nitrogen and oxygen atoms in total. The first-order valence-corrected chi connectivity index (χ1v) is 11.0. The molecule has 4 N–H and O–H groups in total. The number of benzene rings is 3. The van der Waals surface area contributed by atoms with Crippen LogP contribution in [0.25, 0.3) is 0 Å². The summed E-state index contributed by atoms with van der Waals surface area (Å²) in [7, 11) is 0. The molecule has 5 rings (SSSR count). The predicted molar refractivity (Wildman–Crippen MR) is 136 cm³/mol. The number of nitrogens with zero attached hydrogens (tertiary/aromatic N) is 3. The van der Waals surface area contributed by atoms with Gasteiger partial charge < -0.3 is 20.9 Å². The van der Waals surface area contributed by atoms with E-state index in [4.69, 9.17) is 25.4 Å². The fourth-order valence-electron chi connectivity index (χ4n) is 3.57. The quantitative estimate of drug-likeness (QED) is 0.371. The maximum atomic E-state index is 9.00. The Kier molecular flexibility index (Phi) is 7.32. The zero-order chi connectivity index (χ0) is 24.6. The van der Waals surface area contributed by atoms with Gasteiger partial charge in [-0.05, 0) is 41.5 Å². The summed E-state index contributed by atoms with van der Waals surface area (Å²) in [5.41, 5.74) is 12.0. The van der Waals surface area contributed by atoms with E-state index in [0.717, 1.165) is 40.8 Å². The Bertz CT molecular complexity index is 1350. The van der Waals surface area contributed by atoms with Crippen LogP contribution >= 0.6 is 0 Å². The summed E-state index contributed by atoms with van der Waals surface area (Å²) in [6, 6.07) is 26.2. The van der Waals surface area contributed by atoms with Crippen LogP contribution in [-0.2, 0) is 17.9 Å². The molecule has 1 aliphatic heterocycles. The van der Waals surface area contributed by atoms with Gasteiger partial charge in [-0.15, -0.1) is 0 Å². The number of nitrogen functional groups attached to an aromatic ring is 1. The van der Waals surface area contributed by atoms with Crippen molar-refractivity contribution in [1.82, 2.24) is 9.97 Å². The van der Waals surface area contributed by atoms with E-state index in [1.807, 2.05) is 42.5 Å². The number of nitrogens with one attached hydrogen (secondary N) is 1. The number of ether oxygens (including phenoxy) is 1. The predicted octanol–water partition coefficient (Wildman–Crippen LogP) is 4.82. The Labute approximate surface area is 203 Å². The smallest absolute Gasteiger partial charge is 0.300 e. The van der Waals surface area contributed by atoms with Gasteiger partial charge in [0.25, 0.3) is 5.97 Å². The molecule has 3 aromatic carbocycles. The number of rotatable bonds is 6. The zero-order valence-electron chi connectivity index (χ0n) is 19.2.